The van der Waals surface area contributed by atoms with E-state index in [1.165, 1.54) is 0 Å². The van der Waals surface area contributed by atoms with Gasteiger partial charge in [0, 0.05) is 13.0 Å². The van der Waals surface area contributed by atoms with E-state index in [1.807, 2.05) is 0 Å². The molecule has 1 aliphatic heterocycles. The second kappa shape index (κ2) is 2.70. The molecule has 0 aromatic heterocycles. The van der Waals surface area contributed by atoms with Gasteiger partial charge in [0.25, 0.3) is 0 Å². The van der Waals surface area contributed by atoms with E-state index >= 15 is 0 Å². The molecule has 60 valence electrons. The number of hydrogen-bond acceptors (Lipinski definition) is 2. The van der Waals surface area contributed by atoms with Crippen molar-refractivity contribution in [3.05, 3.63) is 24.5 Å². The van der Waals surface area contributed by atoms with E-state index in [4.69, 9.17) is 9.47 Å². The minimum atomic E-state index is -0.0660. The van der Waals surface area contributed by atoms with Gasteiger partial charge in [0.05, 0.1) is 6.26 Å². The Balaban J connectivity index is 2.15. The maximum Gasteiger partial charge on any atom is 0.205 e. The lowest BCUT2D eigenvalue weighted by Gasteiger charge is -2.28. The van der Waals surface area contributed by atoms with E-state index in [1.54, 1.807) is 13.4 Å². The molecule has 0 saturated heterocycles. The monoisotopic (exact) mass is 152 g/mol. The van der Waals surface area contributed by atoms with Gasteiger partial charge in [0.15, 0.2) is 0 Å². The third kappa shape index (κ3) is 1.07. The van der Waals surface area contributed by atoms with Crippen LogP contribution in [0.2, 0.25) is 0 Å². The van der Waals surface area contributed by atoms with Gasteiger partial charge in [-0.05, 0) is 18.4 Å². The summed E-state index contributed by atoms with van der Waals surface area (Å²) in [6.07, 6.45) is 9.30. The number of fused-ring (bicyclic) bond motifs is 1. The molecule has 3 atom stereocenters. The smallest absolute Gasteiger partial charge is 0.205 e. The van der Waals surface area contributed by atoms with Crippen LogP contribution >= 0.6 is 0 Å². The number of rotatable bonds is 1. The minimum absolute atomic E-state index is 0.0660. The van der Waals surface area contributed by atoms with Crippen molar-refractivity contribution in [2.24, 2.45) is 11.8 Å². The van der Waals surface area contributed by atoms with Gasteiger partial charge < -0.3 is 9.47 Å². The van der Waals surface area contributed by atoms with Crippen LogP contribution in [0.3, 0.4) is 0 Å². The topological polar surface area (TPSA) is 18.5 Å². The molecule has 0 N–H and O–H groups in total. The molecule has 11 heavy (non-hydrogen) atoms. The highest BCUT2D eigenvalue weighted by atomic mass is 16.7. The summed E-state index contributed by atoms with van der Waals surface area (Å²) in [4.78, 5) is 0. The van der Waals surface area contributed by atoms with Crippen molar-refractivity contribution < 1.29 is 9.47 Å². The summed E-state index contributed by atoms with van der Waals surface area (Å²) < 4.78 is 10.5. The molecule has 0 fully saturated rings. The predicted molar refractivity (Wildman–Crippen MR) is 41.8 cm³/mol. The molecule has 3 unspecified atom stereocenters. The minimum Gasteiger partial charge on any atom is -0.472 e. The Labute approximate surface area is 66.5 Å². The van der Waals surface area contributed by atoms with Crippen molar-refractivity contribution in [3.63, 3.8) is 0 Å². The normalized spacial score (nSPS) is 40.3. The molecular weight excluding hydrogens is 140 g/mol. The molecule has 0 radical (unpaired) electrons. The first kappa shape index (κ1) is 6.92. The predicted octanol–water partition coefficient (Wildman–Crippen LogP) is 1.70. The molecule has 1 heterocycles. The van der Waals surface area contributed by atoms with Crippen LogP contribution in [0.15, 0.2) is 24.5 Å². The van der Waals surface area contributed by atoms with Crippen LogP contribution < -0.4 is 0 Å². The molecule has 0 aromatic rings. The fourth-order valence-electron chi connectivity index (χ4n) is 1.72. The Bertz CT molecular complexity index is 196. The molecule has 0 bridgehead atoms. The van der Waals surface area contributed by atoms with Gasteiger partial charge in [0.1, 0.15) is 0 Å². The van der Waals surface area contributed by atoms with E-state index in [0.29, 0.717) is 11.8 Å². The van der Waals surface area contributed by atoms with E-state index in [0.717, 1.165) is 6.42 Å². The Morgan fingerprint density at radius 3 is 3.18 bits per heavy atom. The van der Waals surface area contributed by atoms with Crippen LogP contribution in [0, 0.1) is 11.8 Å². The molecular formula is C9H12O2. The number of ether oxygens (including phenoxy) is 2. The quantitative estimate of drug-likeness (QED) is 0.532. The van der Waals surface area contributed by atoms with Crippen LogP contribution in [-0.4, -0.2) is 13.4 Å². The fraction of sp³-hybridized carbons (Fsp3) is 0.556. The molecule has 2 aliphatic rings. The molecule has 0 aromatic carbocycles. The SMILES string of the molecule is COC1OC=CC2CC=CC21. The van der Waals surface area contributed by atoms with Gasteiger partial charge in [-0.15, -0.1) is 0 Å². The van der Waals surface area contributed by atoms with Crippen LogP contribution in [0.5, 0.6) is 0 Å². The Morgan fingerprint density at radius 1 is 1.45 bits per heavy atom. The molecule has 0 spiro atoms. The van der Waals surface area contributed by atoms with Crippen molar-refractivity contribution in [3.8, 4) is 0 Å². The number of allylic oxidation sites excluding steroid dienone is 2. The summed E-state index contributed by atoms with van der Waals surface area (Å²) in [7, 11) is 1.69. The van der Waals surface area contributed by atoms with Crippen molar-refractivity contribution in [1.29, 1.82) is 0 Å². The molecule has 2 rings (SSSR count). The van der Waals surface area contributed by atoms with E-state index in [9.17, 15) is 0 Å². The Morgan fingerprint density at radius 2 is 2.36 bits per heavy atom. The third-order valence-electron chi connectivity index (χ3n) is 2.35. The highest BCUT2D eigenvalue weighted by Gasteiger charge is 2.32. The van der Waals surface area contributed by atoms with Crippen molar-refractivity contribution in [1.82, 2.24) is 0 Å². The largest absolute Gasteiger partial charge is 0.472 e. The van der Waals surface area contributed by atoms with E-state index < -0.39 is 0 Å². The highest BCUT2D eigenvalue weighted by Crippen LogP contribution is 2.33. The lowest BCUT2D eigenvalue weighted by atomic mass is 9.94. The molecule has 0 saturated carbocycles. The lowest BCUT2D eigenvalue weighted by Crippen LogP contribution is -2.29. The fourth-order valence-corrected chi connectivity index (χ4v) is 1.72. The average molecular weight is 152 g/mol. The first-order valence-electron chi connectivity index (χ1n) is 3.93. The van der Waals surface area contributed by atoms with Crippen molar-refractivity contribution in [2.45, 2.75) is 12.7 Å². The first-order valence-corrected chi connectivity index (χ1v) is 3.93. The van der Waals surface area contributed by atoms with Crippen molar-refractivity contribution in [2.75, 3.05) is 7.11 Å². The second-order valence-corrected chi connectivity index (χ2v) is 2.97. The number of hydrogen-bond donors (Lipinski definition) is 0. The summed E-state index contributed by atoms with van der Waals surface area (Å²) >= 11 is 0. The van der Waals surface area contributed by atoms with Crippen molar-refractivity contribution >= 4 is 0 Å². The van der Waals surface area contributed by atoms with Crippen LogP contribution in [-0.2, 0) is 9.47 Å². The molecule has 1 aliphatic carbocycles. The van der Waals surface area contributed by atoms with Gasteiger partial charge in [-0.1, -0.05) is 12.2 Å². The van der Waals surface area contributed by atoms with Gasteiger partial charge in [0.2, 0.25) is 6.29 Å². The van der Waals surface area contributed by atoms with E-state index in [2.05, 4.69) is 18.2 Å². The summed E-state index contributed by atoms with van der Waals surface area (Å²) in [6.45, 7) is 0. The average Bonchev–Trinajstić information content (AvgIpc) is 2.50. The summed E-state index contributed by atoms with van der Waals surface area (Å²) in [5.74, 6) is 1.04. The summed E-state index contributed by atoms with van der Waals surface area (Å²) in [5, 5.41) is 0. The molecule has 0 amide bonds. The van der Waals surface area contributed by atoms with Gasteiger partial charge in [-0.25, -0.2) is 0 Å². The standard InChI is InChI=1S/C9H12O2/c1-10-9-8-4-2-3-7(8)5-6-11-9/h2,4-9H,3H2,1H3. The Kier molecular flexibility index (Phi) is 1.70. The van der Waals surface area contributed by atoms with Gasteiger partial charge in [-0.3, -0.25) is 0 Å². The zero-order valence-corrected chi connectivity index (χ0v) is 6.57. The molecule has 2 nitrogen and oxygen atoms in total. The third-order valence-corrected chi connectivity index (χ3v) is 2.35. The van der Waals surface area contributed by atoms with Crippen LogP contribution in [0.4, 0.5) is 0 Å². The van der Waals surface area contributed by atoms with Gasteiger partial charge >= 0.3 is 0 Å². The summed E-state index contributed by atoms with van der Waals surface area (Å²) in [5.41, 5.74) is 0. The summed E-state index contributed by atoms with van der Waals surface area (Å²) in [6, 6.07) is 0. The zero-order valence-electron chi connectivity index (χ0n) is 6.57. The van der Waals surface area contributed by atoms with Crippen LogP contribution in [0.1, 0.15) is 6.42 Å². The van der Waals surface area contributed by atoms with Gasteiger partial charge in [-0.2, -0.15) is 0 Å². The zero-order chi connectivity index (χ0) is 7.68. The van der Waals surface area contributed by atoms with Crippen LogP contribution in [0.25, 0.3) is 0 Å². The maximum absolute atomic E-state index is 5.29. The number of methoxy groups -OCH3 is 1. The first-order chi connectivity index (χ1) is 5.42. The second-order valence-electron chi connectivity index (χ2n) is 2.97. The molecule has 2 heteroatoms. The highest BCUT2D eigenvalue weighted by molar-refractivity contribution is 5.10. The van der Waals surface area contributed by atoms with E-state index in [-0.39, 0.29) is 6.29 Å². The maximum atomic E-state index is 5.29. The Hall–Kier alpha value is -0.760. The lowest BCUT2D eigenvalue weighted by molar-refractivity contribution is -0.123.